The van der Waals surface area contributed by atoms with Gasteiger partial charge in [-0.1, -0.05) is 32.0 Å². The second kappa shape index (κ2) is 6.09. The van der Waals surface area contributed by atoms with Crippen LogP contribution in [-0.4, -0.2) is 29.9 Å². The van der Waals surface area contributed by atoms with Crippen LogP contribution >= 0.6 is 0 Å². The largest absolute Gasteiger partial charge is 0.361 e. The summed E-state index contributed by atoms with van der Waals surface area (Å²) in [7, 11) is 3.55. The Kier molecular flexibility index (Phi) is 4.76. The molecule has 0 saturated heterocycles. The molecule has 3 nitrogen and oxygen atoms in total. The molecule has 0 radical (unpaired) electrons. The van der Waals surface area contributed by atoms with E-state index in [9.17, 15) is 4.79 Å². The molecule has 92 valence electrons. The molecule has 17 heavy (non-hydrogen) atoms. The Balaban J connectivity index is 0.000000686. The molecule has 1 amide bonds. The topological polar surface area (TPSA) is 36.1 Å². The fraction of sp³-hybridized carbons (Fsp3) is 0.357. The molecular weight excluding hydrogens is 212 g/mol. The van der Waals surface area contributed by atoms with Crippen LogP contribution in [0.5, 0.6) is 0 Å². The number of hydrogen-bond acceptors (Lipinski definition) is 1. The minimum absolute atomic E-state index is 0.125. The van der Waals surface area contributed by atoms with Gasteiger partial charge < -0.3 is 9.88 Å². The lowest BCUT2D eigenvalue weighted by Gasteiger charge is -2.08. The van der Waals surface area contributed by atoms with E-state index < -0.39 is 0 Å². The zero-order chi connectivity index (χ0) is 12.8. The molecule has 1 heterocycles. The number of amides is 1. The van der Waals surface area contributed by atoms with Crippen molar-refractivity contribution in [3.05, 3.63) is 36.0 Å². The molecule has 0 bridgehead atoms. The molecule has 0 aliphatic carbocycles. The van der Waals surface area contributed by atoms with Gasteiger partial charge in [-0.3, -0.25) is 4.79 Å². The molecule has 0 aliphatic heterocycles. The summed E-state index contributed by atoms with van der Waals surface area (Å²) in [6.45, 7) is 4.00. The average molecular weight is 232 g/mol. The van der Waals surface area contributed by atoms with Gasteiger partial charge in [0.2, 0.25) is 5.91 Å². The third kappa shape index (κ3) is 3.09. The third-order valence-corrected chi connectivity index (χ3v) is 2.52. The number of H-pyrrole nitrogens is 1. The zero-order valence-electron chi connectivity index (χ0n) is 10.9. The van der Waals surface area contributed by atoms with E-state index in [0.29, 0.717) is 6.42 Å². The molecule has 0 saturated carbocycles. The first-order valence-corrected chi connectivity index (χ1v) is 5.93. The lowest BCUT2D eigenvalue weighted by Crippen LogP contribution is -2.23. The number of nitrogens with zero attached hydrogens (tertiary/aromatic N) is 1. The van der Waals surface area contributed by atoms with E-state index in [0.717, 1.165) is 16.5 Å². The van der Waals surface area contributed by atoms with Crippen LogP contribution in [0.4, 0.5) is 0 Å². The second-order valence-electron chi connectivity index (χ2n) is 3.82. The Morgan fingerprint density at radius 1 is 1.24 bits per heavy atom. The number of hydrogen-bond donors (Lipinski definition) is 1. The number of para-hydroxylation sites is 1. The molecule has 0 unspecified atom stereocenters. The van der Waals surface area contributed by atoms with Gasteiger partial charge in [-0.05, 0) is 11.6 Å². The number of likely N-dealkylation sites (N-methyl/N-ethyl adjacent to an activating group) is 1. The van der Waals surface area contributed by atoms with Crippen molar-refractivity contribution in [2.24, 2.45) is 0 Å². The van der Waals surface area contributed by atoms with Gasteiger partial charge >= 0.3 is 0 Å². The monoisotopic (exact) mass is 232 g/mol. The maximum Gasteiger partial charge on any atom is 0.226 e. The fourth-order valence-corrected chi connectivity index (χ4v) is 1.60. The summed E-state index contributed by atoms with van der Waals surface area (Å²) in [4.78, 5) is 16.3. The van der Waals surface area contributed by atoms with Crippen LogP contribution in [0.15, 0.2) is 30.5 Å². The normalized spacial score (nSPS) is 9.65. The van der Waals surface area contributed by atoms with E-state index in [4.69, 9.17) is 0 Å². The number of nitrogens with one attached hydrogen (secondary N) is 1. The number of aromatic amines is 1. The number of rotatable bonds is 2. The van der Waals surface area contributed by atoms with Crippen LogP contribution in [0.1, 0.15) is 19.4 Å². The van der Waals surface area contributed by atoms with Crippen LogP contribution < -0.4 is 0 Å². The number of benzene rings is 1. The van der Waals surface area contributed by atoms with Crippen molar-refractivity contribution in [3.8, 4) is 0 Å². The maximum absolute atomic E-state index is 11.6. The van der Waals surface area contributed by atoms with E-state index in [1.807, 2.05) is 44.3 Å². The predicted molar refractivity (Wildman–Crippen MR) is 72.0 cm³/mol. The molecule has 0 aliphatic rings. The van der Waals surface area contributed by atoms with Gasteiger partial charge in [0.1, 0.15) is 0 Å². The highest BCUT2D eigenvalue weighted by Crippen LogP contribution is 2.18. The minimum Gasteiger partial charge on any atom is -0.361 e. The summed E-state index contributed by atoms with van der Waals surface area (Å²) in [5.41, 5.74) is 2.14. The number of carbonyl (C=O) groups is 1. The quantitative estimate of drug-likeness (QED) is 0.849. The van der Waals surface area contributed by atoms with Crippen molar-refractivity contribution in [2.75, 3.05) is 14.1 Å². The van der Waals surface area contributed by atoms with Crippen LogP contribution in [0.2, 0.25) is 0 Å². The molecule has 1 N–H and O–H groups in total. The van der Waals surface area contributed by atoms with Gasteiger partial charge in [-0.2, -0.15) is 0 Å². The Bertz CT molecular complexity index is 486. The Hall–Kier alpha value is -1.77. The summed E-state index contributed by atoms with van der Waals surface area (Å²) < 4.78 is 0. The van der Waals surface area contributed by atoms with Crippen LogP contribution in [-0.2, 0) is 11.2 Å². The molecule has 2 rings (SSSR count). The van der Waals surface area contributed by atoms with Crippen molar-refractivity contribution >= 4 is 16.8 Å². The molecular formula is C14H20N2O. The van der Waals surface area contributed by atoms with Crippen molar-refractivity contribution in [2.45, 2.75) is 20.3 Å². The standard InChI is InChI=1S/C12H14N2O.C2H6/c1-14(2)12(15)7-9-8-13-11-6-4-3-5-10(9)11;1-2/h3-6,8,13H,7H2,1-2H3;1-2H3. The van der Waals surface area contributed by atoms with E-state index in [1.54, 1.807) is 19.0 Å². The SMILES string of the molecule is CC.CN(C)C(=O)Cc1c[nH]c2ccccc12. The summed E-state index contributed by atoms with van der Waals surface area (Å²) in [5, 5.41) is 1.13. The predicted octanol–water partition coefficient (Wildman–Crippen LogP) is 2.82. The van der Waals surface area contributed by atoms with Gasteiger partial charge in [0.05, 0.1) is 6.42 Å². The average Bonchev–Trinajstić information content (AvgIpc) is 2.75. The molecule has 0 atom stereocenters. The summed E-state index contributed by atoms with van der Waals surface area (Å²) in [6, 6.07) is 8.01. The van der Waals surface area contributed by atoms with Crippen molar-refractivity contribution < 1.29 is 4.79 Å². The highest BCUT2D eigenvalue weighted by Gasteiger charge is 2.09. The zero-order valence-corrected chi connectivity index (χ0v) is 10.9. The van der Waals surface area contributed by atoms with Crippen molar-refractivity contribution in [1.29, 1.82) is 0 Å². The first kappa shape index (κ1) is 13.3. The lowest BCUT2D eigenvalue weighted by atomic mass is 10.1. The highest BCUT2D eigenvalue weighted by molar-refractivity contribution is 5.88. The molecule has 2 aromatic rings. The van der Waals surface area contributed by atoms with Gasteiger partial charge in [0.15, 0.2) is 0 Å². The Morgan fingerprint density at radius 3 is 2.53 bits per heavy atom. The maximum atomic E-state index is 11.6. The van der Waals surface area contributed by atoms with E-state index in [1.165, 1.54) is 0 Å². The van der Waals surface area contributed by atoms with Crippen molar-refractivity contribution in [1.82, 2.24) is 9.88 Å². The number of carbonyl (C=O) groups excluding carboxylic acids is 1. The smallest absolute Gasteiger partial charge is 0.226 e. The lowest BCUT2D eigenvalue weighted by molar-refractivity contribution is -0.127. The minimum atomic E-state index is 0.125. The highest BCUT2D eigenvalue weighted by atomic mass is 16.2. The molecule has 3 heteroatoms. The third-order valence-electron chi connectivity index (χ3n) is 2.52. The Labute approximate surface area is 102 Å². The first-order chi connectivity index (χ1) is 8.18. The van der Waals surface area contributed by atoms with Gasteiger partial charge in [-0.25, -0.2) is 0 Å². The molecule has 1 aromatic heterocycles. The van der Waals surface area contributed by atoms with Gasteiger partial charge in [0, 0.05) is 31.2 Å². The van der Waals surface area contributed by atoms with E-state index in [2.05, 4.69) is 4.98 Å². The summed E-state index contributed by atoms with van der Waals surface area (Å²) >= 11 is 0. The number of aromatic nitrogens is 1. The fourth-order valence-electron chi connectivity index (χ4n) is 1.60. The van der Waals surface area contributed by atoms with Crippen molar-refractivity contribution in [3.63, 3.8) is 0 Å². The van der Waals surface area contributed by atoms with Gasteiger partial charge in [-0.15, -0.1) is 0 Å². The van der Waals surface area contributed by atoms with Crippen LogP contribution in [0.3, 0.4) is 0 Å². The second-order valence-corrected chi connectivity index (χ2v) is 3.82. The van der Waals surface area contributed by atoms with E-state index in [-0.39, 0.29) is 5.91 Å². The first-order valence-electron chi connectivity index (χ1n) is 5.93. The van der Waals surface area contributed by atoms with Gasteiger partial charge in [0.25, 0.3) is 0 Å². The summed E-state index contributed by atoms with van der Waals surface area (Å²) in [5.74, 6) is 0.125. The number of fused-ring (bicyclic) bond motifs is 1. The molecule has 1 aromatic carbocycles. The molecule has 0 spiro atoms. The van der Waals surface area contributed by atoms with E-state index >= 15 is 0 Å². The summed E-state index contributed by atoms with van der Waals surface area (Å²) in [6.07, 6.45) is 2.36. The Morgan fingerprint density at radius 2 is 1.88 bits per heavy atom. The molecule has 0 fully saturated rings. The van der Waals surface area contributed by atoms with Crippen LogP contribution in [0, 0.1) is 0 Å². The van der Waals surface area contributed by atoms with Crippen LogP contribution in [0.25, 0.3) is 10.9 Å².